The van der Waals surface area contributed by atoms with Gasteiger partial charge in [-0.05, 0) is 42.5 Å². The van der Waals surface area contributed by atoms with Crippen molar-refractivity contribution in [3.63, 3.8) is 0 Å². The minimum atomic E-state index is -0.506. The molecular formula is C18H17ClN2O4. The molecule has 0 radical (unpaired) electrons. The van der Waals surface area contributed by atoms with E-state index in [0.717, 1.165) is 0 Å². The zero-order chi connectivity index (χ0) is 18.0. The summed E-state index contributed by atoms with van der Waals surface area (Å²) in [6, 6.07) is 11.5. The molecule has 3 rings (SSSR count). The number of methoxy groups -OCH3 is 1. The molecule has 2 N–H and O–H groups in total. The Labute approximate surface area is 150 Å². The van der Waals surface area contributed by atoms with Gasteiger partial charge in [0.1, 0.15) is 11.5 Å². The third kappa shape index (κ3) is 3.69. The Kier molecular flexibility index (Phi) is 4.81. The molecule has 1 heterocycles. The van der Waals surface area contributed by atoms with Gasteiger partial charge in [-0.1, -0.05) is 11.6 Å². The Morgan fingerprint density at radius 3 is 2.68 bits per heavy atom. The average molecular weight is 361 g/mol. The molecule has 1 fully saturated rings. The minimum Gasteiger partial charge on any atom is -0.506 e. The van der Waals surface area contributed by atoms with Gasteiger partial charge in [-0.25, -0.2) is 0 Å². The molecule has 2 aromatic rings. The second kappa shape index (κ2) is 7.03. The fourth-order valence-electron chi connectivity index (χ4n) is 2.74. The van der Waals surface area contributed by atoms with E-state index in [0.29, 0.717) is 16.5 Å². The van der Waals surface area contributed by atoms with Crippen molar-refractivity contribution in [2.24, 2.45) is 5.92 Å². The van der Waals surface area contributed by atoms with E-state index in [-0.39, 0.29) is 36.2 Å². The highest BCUT2D eigenvalue weighted by Gasteiger charge is 2.35. The van der Waals surface area contributed by atoms with Gasteiger partial charge in [0, 0.05) is 23.7 Å². The maximum absolute atomic E-state index is 12.4. The number of anilines is 2. The fourth-order valence-corrected chi connectivity index (χ4v) is 2.91. The van der Waals surface area contributed by atoms with Gasteiger partial charge < -0.3 is 20.1 Å². The van der Waals surface area contributed by atoms with Crippen molar-refractivity contribution in [3.05, 3.63) is 47.5 Å². The maximum atomic E-state index is 12.4. The average Bonchev–Trinajstić information content (AvgIpc) is 3.00. The van der Waals surface area contributed by atoms with Gasteiger partial charge in [-0.2, -0.15) is 0 Å². The highest BCUT2D eigenvalue weighted by atomic mass is 35.5. The van der Waals surface area contributed by atoms with E-state index in [2.05, 4.69) is 5.32 Å². The van der Waals surface area contributed by atoms with Gasteiger partial charge in [-0.3, -0.25) is 9.59 Å². The zero-order valence-electron chi connectivity index (χ0n) is 13.5. The lowest BCUT2D eigenvalue weighted by atomic mass is 10.1. The number of hydrogen-bond acceptors (Lipinski definition) is 4. The number of nitrogens with zero attached hydrogens (tertiary/aromatic N) is 1. The molecule has 1 saturated heterocycles. The molecule has 1 atom stereocenters. The van der Waals surface area contributed by atoms with Gasteiger partial charge in [0.15, 0.2) is 0 Å². The highest BCUT2D eigenvalue weighted by molar-refractivity contribution is 6.31. The molecule has 0 aliphatic carbocycles. The summed E-state index contributed by atoms with van der Waals surface area (Å²) in [6.45, 7) is 0.276. The summed E-state index contributed by atoms with van der Waals surface area (Å²) in [5.74, 6) is -0.342. The van der Waals surface area contributed by atoms with Crippen molar-refractivity contribution in [3.8, 4) is 11.5 Å². The second-order valence-electron chi connectivity index (χ2n) is 5.75. The van der Waals surface area contributed by atoms with Gasteiger partial charge in [0.05, 0.1) is 18.7 Å². The number of halogens is 1. The molecule has 1 aliphatic heterocycles. The van der Waals surface area contributed by atoms with Gasteiger partial charge in [0.2, 0.25) is 11.8 Å². The van der Waals surface area contributed by atoms with E-state index in [1.807, 2.05) is 0 Å². The smallest absolute Gasteiger partial charge is 0.229 e. The Bertz CT molecular complexity index is 807. The number of ether oxygens (including phenoxy) is 1. The number of phenols is 1. The van der Waals surface area contributed by atoms with Gasteiger partial charge >= 0.3 is 0 Å². The van der Waals surface area contributed by atoms with Crippen LogP contribution in [0.2, 0.25) is 5.02 Å². The summed E-state index contributed by atoms with van der Waals surface area (Å²) < 4.78 is 5.10. The molecule has 2 aromatic carbocycles. The predicted molar refractivity (Wildman–Crippen MR) is 95.2 cm³/mol. The van der Waals surface area contributed by atoms with Crippen LogP contribution in [0.5, 0.6) is 11.5 Å². The summed E-state index contributed by atoms with van der Waals surface area (Å²) in [5, 5.41) is 12.8. The van der Waals surface area contributed by atoms with Crippen LogP contribution < -0.4 is 15.0 Å². The Morgan fingerprint density at radius 2 is 2.00 bits per heavy atom. The number of aromatic hydroxyl groups is 1. The summed E-state index contributed by atoms with van der Waals surface area (Å²) in [6.07, 6.45) is 0.110. The van der Waals surface area contributed by atoms with E-state index < -0.39 is 5.92 Å². The highest BCUT2D eigenvalue weighted by Crippen LogP contribution is 2.30. The van der Waals surface area contributed by atoms with Crippen LogP contribution in [0.4, 0.5) is 11.4 Å². The van der Waals surface area contributed by atoms with E-state index in [1.54, 1.807) is 36.3 Å². The fraction of sp³-hybridized carbons (Fsp3) is 0.222. The number of phenolic OH excluding ortho intramolecular Hbond substituents is 1. The van der Waals surface area contributed by atoms with Crippen LogP contribution in [0.3, 0.4) is 0 Å². The van der Waals surface area contributed by atoms with Gasteiger partial charge in [-0.15, -0.1) is 0 Å². The molecule has 0 saturated carbocycles. The maximum Gasteiger partial charge on any atom is 0.229 e. The first kappa shape index (κ1) is 17.1. The summed E-state index contributed by atoms with van der Waals surface area (Å²) in [7, 11) is 1.57. The summed E-state index contributed by atoms with van der Waals surface area (Å²) in [5.41, 5.74) is 0.944. The van der Waals surface area contributed by atoms with Crippen LogP contribution in [0.25, 0.3) is 0 Å². The van der Waals surface area contributed by atoms with Crippen LogP contribution in [0.15, 0.2) is 42.5 Å². The first-order valence-electron chi connectivity index (χ1n) is 7.71. The lowest BCUT2D eigenvalue weighted by Crippen LogP contribution is -2.28. The quantitative estimate of drug-likeness (QED) is 0.821. The third-order valence-electron chi connectivity index (χ3n) is 4.10. The minimum absolute atomic E-state index is 0.0749. The van der Waals surface area contributed by atoms with E-state index in [1.165, 1.54) is 18.2 Å². The Balaban J connectivity index is 1.70. The lowest BCUT2D eigenvalue weighted by Gasteiger charge is -2.17. The first-order chi connectivity index (χ1) is 12.0. The van der Waals surface area contributed by atoms with Crippen molar-refractivity contribution >= 4 is 34.8 Å². The number of amides is 2. The molecule has 25 heavy (non-hydrogen) atoms. The molecule has 130 valence electrons. The number of benzene rings is 2. The van der Waals surface area contributed by atoms with E-state index in [9.17, 15) is 14.7 Å². The van der Waals surface area contributed by atoms with Crippen LogP contribution in [-0.4, -0.2) is 30.6 Å². The topological polar surface area (TPSA) is 78.9 Å². The number of carbonyl (C=O) groups excluding carboxylic acids is 2. The predicted octanol–water partition coefficient (Wildman–Crippen LogP) is 3.05. The van der Waals surface area contributed by atoms with Gasteiger partial charge in [0.25, 0.3) is 0 Å². The molecule has 7 heteroatoms. The molecule has 1 unspecified atom stereocenters. The normalized spacial score (nSPS) is 16.8. The van der Waals surface area contributed by atoms with Crippen LogP contribution in [0, 0.1) is 5.92 Å². The summed E-state index contributed by atoms with van der Waals surface area (Å²) >= 11 is 5.88. The van der Waals surface area contributed by atoms with Crippen molar-refractivity contribution in [2.75, 3.05) is 23.9 Å². The van der Waals surface area contributed by atoms with Crippen LogP contribution >= 0.6 is 11.6 Å². The number of hydrogen-bond donors (Lipinski definition) is 2. The third-order valence-corrected chi connectivity index (χ3v) is 4.33. The number of carbonyl (C=O) groups is 2. The lowest BCUT2D eigenvalue weighted by molar-refractivity contribution is -0.122. The molecule has 1 aliphatic rings. The van der Waals surface area contributed by atoms with Crippen molar-refractivity contribution in [1.29, 1.82) is 0 Å². The van der Waals surface area contributed by atoms with Crippen molar-refractivity contribution in [1.82, 2.24) is 0 Å². The number of rotatable bonds is 4. The second-order valence-corrected chi connectivity index (χ2v) is 6.19. The van der Waals surface area contributed by atoms with Crippen molar-refractivity contribution in [2.45, 2.75) is 6.42 Å². The molecule has 6 nitrogen and oxygen atoms in total. The summed E-state index contributed by atoms with van der Waals surface area (Å²) in [4.78, 5) is 26.3. The molecule has 0 spiro atoms. The van der Waals surface area contributed by atoms with Crippen LogP contribution in [-0.2, 0) is 9.59 Å². The van der Waals surface area contributed by atoms with Crippen molar-refractivity contribution < 1.29 is 19.4 Å². The molecule has 2 amide bonds. The monoisotopic (exact) mass is 360 g/mol. The molecular weight excluding hydrogens is 344 g/mol. The zero-order valence-corrected chi connectivity index (χ0v) is 14.3. The largest absolute Gasteiger partial charge is 0.506 e. The Hall–Kier alpha value is -2.73. The SMILES string of the molecule is COc1ccc(N2CC(C(=O)Nc3cc(Cl)ccc3O)CC2=O)cc1. The Morgan fingerprint density at radius 1 is 1.28 bits per heavy atom. The first-order valence-corrected chi connectivity index (χ1v) is 8.09. The number of nitrogens with one attached hydrogen (secondary N) is 1. The standard InChI is InChI=1S/C18H17ClN2O4/c1-25-14-5-3-13(4-6-14)21-10-11(8-17(21)23)18(24)20-15-9-12(19)2-7-16(15)22/h2-7,9,11,22H,8,10H2,1H3,(H,20,24). The molecule has 0 bridgehead atoms. The van der Waals surface area contributed by atoms with Crippen LogP contribution in [0.1, 0.15) is 6.42 Å². The van der Waals surface area contributed by atoms with E-state index in [4.69, 9.17) is 16.3 Å². The van der Waals surface area contributed by atoms with E-state index >= 15 is 0 Å². The molecule has 0 aromatic heterocycles.